The van der Waals surface area contributed by atoms with Gasteiger partial charge in [0, 0.05) is 28.8 Å². The van der Waals surface area contributed by atoms with Crippen molar-refractivity contribution in [2.24, 2.45) is 0 Å². The van der Waals surface area contributed by atoms with Gasteiger partial charge in [0.1, 0.15) is 0 Å². The number of ketones is 3. The molecule has 2 aromatic carbocycles. The van der Waals surface area contributed by atoms with Crippen molar-refractivity contribution >= 4 is 34.6 Å². The van der Waals surface area contributed by atoms with E-state index in [1.54, 1.807) is 36.4 Å². The minimum atomic E-state index is -0.289. The molecule has 2 aromatic rings. The molecule has 22 heavy (non-hydrogen) atoms. The molecule has 3 rings (SSSR count). The predicted octanol–water partition coefficient (Wildman–Crippen LogP) is 2.39. The van der Waals surface area contributed by atoms with Crippen molar-refractivity contribution in [3.8, 4) is 0 Å². The number of fused-ring (bicyclic) bond motifs is 2. The van der Waals surface area contributed by atoms with Crippen LogP contribution >= 0.6 is 11.6 Å². The highest BCUT2D eigenvalue weighted by Crippen LogP contribution is 2.32. The van der Waals surface area contributed by atoms with E-state index in [4.69, 9.17) is 17.3 Å². The molecule has 5 heteroatoms. The van der Waals surface area contributed by atoms with Crippen molar-refractivity contribution in [2.45, 2.75) is 6.42 Å². The van der Waals surface area contributed by atoms with Crippen molar-refractivity contribution in [1.29, 1.82) is 0 Å². The molecule has 1 aliphatic rings. The molecule has 4 nitrogen and oxygen atoms in total. The summed E-state index contributed by atoms with van der Waals surface area (Å²) in [6.45, 7) is 0. The van der Waals surface area contributed by atoms with Gasteiger partial charge in [-0.15, -0.1) is 11.6 Å². The Morgan fingerprint density at radius 2 is 1.59 bits per heavy atom. The first-order valence-corrected chi connectivity index (χ1v) is 7.25. The average Bonchev–Trinajstić information content (AvgIpc) is 2.54. The Kier molecular flexibility index (Phi) is 3.54. The Morgan fingerprint density at radius 1 is 0.955 bits per heavy atom. The Morgan fingerprint density at radius 3 is 2.23 bits per heavy atom. The van der Waals surface area contributed by atoms with Gasteiger partial charge in [-0.3, -0.25) is 14.4 Å². The van der Waals surface area contributed by atoms with Gasteiger partial charge in [0.2, 0.25) is 0 Å². The van der Waals surface area contributed by atoms with Crippen LogP contribution in [0.1, 0.15) is 37.4 Å². The fourth-order valence-corrected chi connectivity index (χ4v) is 2.76. The zero-order valence-corrected chi connectivity index (χ0v) is 12.3. The van der Waals surface area contributed by atoms with E-state index in [1.807, 2.05) is 0 Å². The largest absolute Gasteiger partial charge is 0.398 e. The summed E-state index contributed by atoms with van der Waals surface area (Å²) in [5.41, 5.74) is 7.93. The Hall–Kier alpha value is -2.46. The van der Waals surface area contributed by atoms with Crippen LogP contribution in [-0.2, 0) is 11.2 Å². The van der Waals surface area contributed by atoms with Gasteiger partial charge in [0.25, 0.3) is 0 Å². The van der Waals surface area contributed by atoms with E-state index >= 15 is 0 Å². The molecule has 0 unspecified atom stereocenters. The minimum absolute atomic E-state index is 0.0474. The topological polar surface area (TPSA) is 77.2 Å². The van der Waals surface area contributed by atoms with Crippen LogP contribution in [0.3, 0.4) is 0 Å². The van der Waals surface area contributed by atoms with Crippen LogP contribution in [0.25, 0.3) is 0 Å². The normalized spacial score (nSPS) is 12.8. The SMILES string of the molecule is Nc1c(CC(=O)CCl)ccc2c1C(=O)c1ccccc1C2=O. The van der Waals surface area contributed by atoms with E-state index in [0.29, 0.717) is 16.7 Å². The number of alkyl halides is 1. The molecule has 0 spiro atoms. The van der Waals surface area contributed by atoms with E-state index in [9.17, 15) is 14.4 Å². The van der Waals surface area contributed by atoms with Crippen molar-refractivity contribution in [3.63, 3.8) is 0 Å². The first-order chi connectivity index (χ1) is 10.5. The number of hydrogen-bond donors (Lipinski definition) is 1. The number of carbonyl (C=O) groups is 3. The lowest BCUT2D eigenvalue weighted by atomic mass is 9.82. The van der Waals surface area contributed by atoms with E-state index in [-0.39, 0.29) is 46.5 Å². The lowest BCUT2D eigenvalue weighted by Crippen LogP contribution is -2.23. The van der Waals surface area contributed by atoms with Gasteiger partial charge in [0.05, 0.1) is 11.4 Å². The fourth-order valence-electron chi connectivity index (χ4n) is 2.67. The summed E-state index contributed by atoms with van der Waals surface area (Å²) in [5, 5.41) is 0. The van der Waals surface area contributed by atoms with Gasteiger partial charge >= 0.3 is 0 Å². The van der Waals surface area contributed by atoms with Crippen LogP contribution in [0.2, 0.25) is 0 Å². The number of hydrogen-bond acceptors (Lipinski definition) is 4. The van der Waals surface area contributed by atoms with E-state index in [2.05, 4.69) is 0 Å². The molecular weight excluding hydrogens is 302 g/mol. The summed E-state index contributed by atoms with van der Waals surface area (Å²) in [7, 11) is 0. The number of rotatable bonds is 3. The van der Waals surface area contributed by atoms with Gasteiger partial charge in [-0.25, -0.2) is 0 Å². The monoisotopic (exact) mass is 313 g/mol. The van der Waals surface area contributed by atoms with Gasteiger partial charge in [0.15, 0.2) is 17.3 Å². The molecule has 0 bridgehead atoms. The first-order valence-electron chi connectivity index (χ1n) is 6.72. The van der Waals surface area contributed by atoms with Crippen LogP contribution in [0.4, 0.5) is 5.69 Å². The molecule has 0 aromatic heterocycles. The summed E-state index contributed by atoms with van der Waals surface area (Å²) >= 11 is 5.50. The lowest BCUT2D eigenvalue weighted by molar-refractivity contribution is -0.116. The number of anilines is 1. The summed E-state index contributed by atoms with van der Waals surface area (Å²) in [4.78, 5) is 36.6. The van der Waals surface area contributed by atoms with Crippen molar-refractivity contribution in [1.82, 2.24) is 0 Å². The van der Waals surface area contributed by atoms with Gasteiger partial charge < -0.3 is 5.73 Å². The van der Waals surface area contributed by atoms with E-state index < -0.39 is 0 Å². The second-order valence-corrected chi connectivity index (χ2v) is 5.38. The molecule has 0 fully saturated rings. The predicted molar refractivity (Wildman–Crippen MR) is 83.6 cm³/mol. The van der Waals surface area contributed by atoms with Gasteiger partial charge in [-0.1, -0.05) is 30.3 Å². The average molecular weight is 314 g/mol. The molecule has 1 aliphatic carbocycles. The first kappa shape index (κ1) is 14.5. The Bertz CT molecular complexity index is 827. The number of carbonyl (C=O) groups excluding carboxylic acids is 3. The van der Waals surface area contributed by atoms with Crippen molar-refractivity contribution in [2.75, 3.05) is 11.6 Å². The molecular formula is C17H12ClNO3. The quantitative estimate of drug-likeness (QED) is 0.595. The number of nitrogen functional groups attached to an aromatic ring is 1. The van der Waals surface area contributed by atoms with Gasteiger partial charge in [-0.05, 0) is 11.6 Å². The molecule has 2 N–H and O–H groups in total. The fraction of sp³-hybridized carbons (Fsp3) is 0.118. The highest BCUT2D eigenvalue weighted by atomic mass is 35.5. The molecule has 0 saturated heterocycles. The maximum atomic E-state index is 12.6. The van der Waals surface area contributed by atoms with Crippen molar-refractivity contribution in [3.05, 3.63) is 64.2 Å². The summed E-state index contributed by atoms with van der Waals surface area (Å²) in [5.74, 6) is -0.829. The number of nitrogens with two attached hydrogens (primary N) is 1. The standard InChI is InChI=1S/C17H12ClNO3/c18-8-10(20)7-9-5-6-13-14(15(9)19)17(22)12-4-2-1-3-11(12)16(13)21/h1-6H,7-8,19H2. The smallest absolute Gasteiger partial charge is 0.196 e. The second-order valence-electron chi connectivity index (χ2n) is 5.11. The van der Waals surface area contributed by atoms with Crippen LogP contribution in [0.15, 0.2) is 36.4 Å². The molecule has 0 heterocycles. The molecule has 0 aliphatic heterocycles. The van der Waals surface area contributed by atoms with Gasteiger partial charge in [-0.2, -0.15) is 0 Å². The Labute approximate surface area is 131 Å². The molecule has 0 atom stereocenters. The molecule has 0 saturated carbocycles. The zero-order chi connectivity index (χ0) is 15.9. The second kappa shape index (κ2) is 5.39. The van der Waals surface area contributed by atoms with E-state index in [0.717, 1.165) is 0 Å². The third-order valence-electron chi connectivity index (χ3n) is 3.76. The summed E-state index contributed by atoms with van der Waals surface area (Å²) in [6, 6.07) is 9.81. The number of Topliss-reactive ketones (excluding diaryl/α,β-unsaturated/α-hetero) is 1. The molecule has 110 valence electrons. The zero-order valence-electron chi connectivity index (χ0n) is 11.6. The Balaban J connectivity index is 2.17. The van der Waals surface area contributed by atoms with Crippen LogP contribution in [0, 0.1) is 0 Å². The van der Waals surface area contributed by atoms with Crippen molar-refractivity contribution < 1.29 is 14.4 Å². The number of halogens is 1. The molecule has 0 amide bonds. The summed E-state index contributed by atoms with van der Waals surface area (Å²) in [6.07, 6.45) is 0.0474. The third-order valence-corrected chi connectivity index (χ3v) is 4.06. The van der Waals surface area contributed by atoms with Crippen LogP contribution in [-0.4, -0.2) is 23.2 Å². The van der Waals surface area contributed by atoms with E-state index in [1.165, 1.54) is 0 Å². The maximum absolute atomic E-state index is 12.6. The van der Waals surface area contributed by atoms with Crippen LogP contribution < -0.4 is 5.73 Å². The number of benzene rings is 2. The highest BCUT2D eigenvalue weighted by Gasteiger charge is 2.31. The maximum Gasteiger partial charge on any atom is 0.196 e. The molecule has 0 radical (unpaired) electrons. The lowest BCUT2D eigenvalue weighted by Gasteiger charge is -2.20. The van der Waals surface area contributed by atoms with Crippen LogP contribution in [0.5, 0.6) is 0 Å². The minimum Gasteiger partial charge on any atom is -0.398 e. The summed E-state index contributed by atoms with van der Waals surface area (Å²) < 4.78 is 0. The third kappa shape index (κ3) is 2.12. The highest BCUT2D eigenvalue weighted by molar-refractivity contribution is 6.30.